The first-order valence-electron chi connectivity index (χ1n) is 11.1. The van der Waals surface area contributed by atoms with Crippen molar-refractivity contribution in [3.63, 3.8) is 0 Å². The molecule has 2 aliphatic rings. The Labute approximate surface area is 190 Å². The van der Waals surface area contributed by atoms with Gasteiger partial charge >= 0.3 is 5.63 Å². The van der Waals surface area contributed by atoms with Gasteiger partial charge in [0.25, 0.3) is 5.91 Å². The van der Waals surface area contributed by atoms with Crippen LogP contribution >= 0.6 is 0 Å². The molecule has 1 fully saturated rings. The summed E-state index contributed by atoms with van der Waals surface area (Å²) in [5.41, 5.74) is 1.97. The van der Waals surface area contributed by atoms with E-state index in [1.807, 2.05) is 38.1 Å². The number of fused-ring (bicyclic) bond motifs is 2. The lowest BCUT2D eigenvalue weighted by Gasteiger charge is -2.44. The van der Waals surface area contributed by atoms with Crippen LogP contribution in [0.2, 0.25) is 0 Å². The Balaban J connectivity index is 1.21. The zero-order valence-corrected chi connectivity index (χ0v) is 18.7. The molecule has 0 saturated carbocycles. The van der Waals surface area contributed by atoms with Crippen molar-refractivity contribution >= 4 is 22.7 Å². The van der Waals surface area contributed by atoms with E-state index >= 15 is 0 Å². The van der Waals surface area contributed by atoms with E-state index in [-0.39, 0.29) is 18.3 Å². The maximum atomic E-state index is 12.7. The smallest absolute Gasteiger partial charge is 0.336 e. The van der Waals surface area contributed by atoms with Crippen LogP contribution in [0, 0.1) is 13.8 Å². The molecule has 0 aliphatic carbocycles. The van der Waals surface area contributed by atoms with Crippen LogP contribution in [0.5, 0.6) is 11.5 Å². The average Bonchev–Trinajstić information content (AvgIpc) is 2.78. The summed E-state index contributed by atoms with van der Waals surface area (Å²) < 4.78 is 17.2. The minimum absolute atomic E-state index is 0.0984. The fourth-order valence-corrected chi connectivity index (χ4v) is 4.68. The molecule has 2 aliphatic heterocycles. The summed E-state index contributed by atoms with van der Waals surface area (Å²) in [6.07, 6.45) is 1.53. The Morgan fingerprint density at radius 2 is 1.85 bits per heavy atom. The van der Waals surface area contributed by atoms with Crippen molar-refractivity contribution in [2.24, 2.45) is 0 Å². The summed E-state index contributed by atoms with van der Waals surface area (Å²) in [6.45, 7) is 4.69. The summed E-state index contributed by atoms with van der Waals surface area (Å²) in [6, 6.07) is 12.3. The molecule has 7 heteroatoms. The summed E-state index contributed by atoms with van der Waals surface area (Å²) in [4.78, 5) is 38.8. The van der Waals surface area contributed by atoms with Crippen molar-refractivity contribution in [1.82, 2.24) is 4.90 Å². The second-order valence-corrected chi connectivity index (χ2v) is 8.96. The number of hydrogen-bond donors (Lipinski definition) is 0. The zero-order valence-electron chi connectivity index (χ0n) is 18.7. The van der Waals surface area contributed by atoms with Crippen molar-refractivity contribution in [2.75, 3.05) is 19.7 Å². The third kappa shape index (κ3) is 4.11. The molecule has 0 unspecified atom stereocenters. The van der Waals surface area contributed by atoms with E-state index in [1.54, 1.807) is 17.0 Å². The third-order valence-corrected chi connectivity index (χ3v) is 6.56. The Hall–Kier alpha value is -3.61. The molecule has 0 atom stereocenters. The SMILES string of the molecule is Cc1ccc2c(c1)C(=O)CC1(CCN(C(=O)COc3ccc4c(C)cc(=O)oc4c3)CC1)O2. The van der Waals surface area contributed by atoms with Crippen molar-refractivity contribution < 1.29 is 23.5 Å². The number of ketones is 1. The van der Waals surface area contributed by atoms with Gasteiger partial charge in [-0.25, -0.2) is 4.79 Å². The van der Waals surface area contributed by atoms with Gasteiger partial charge in [-0.3, -0.25) is 9.59 Å². The second-order valence-electron chi connectivity index (χ2n) is 8.96. The van der Waals surface area contributed by atoms with Gasteiger partial charge in [-0.1, -0.05) is 11.6 Å². The van der Waals surface area contributed by atoms with Crippen LogP contribution < -0.4 is 15.1 Å². The van der Waals surface area contributed by atoms with Crippen LogP contribution in [0.4, 0.5) is 0 Å². The molecule has 1 spiro atoms. The molecule has 3 heterocycles. The number of benzene rings is 2. The number of Topliss-reactive ketones (excluding diaryl/α,β-unsaturated/α-hetero) is 1. The largest absolute Gasteiger partial charge is 0.486 e. The van der Waals surface area contributed by atoms with E-state index in [1.165, 1.54) is 6.07 Å². The van der Waals surface area contributed by atoms with Crippen molar-refractivity contribution in [1.29, 1.82) is 0 Å². The van der Waals surface area contributed by atoms with Gasteiger partial charge in [0.2, 0.25) is 0 Å². The van der Waals surface area contributed by atoms with Gasteiger partial charge in [0.15, 0.2) is 12.4 Å². The molecule has 0 N–H and O–H groups in total. The highest BCUT2D eigenvalue weighted by Crippen LogP contribution is 2.39. The fraction of sp³-hybridized carbons (Fsp3) is 0.346. The van der Waals surface area contributed by atoms with Gasteiger partial charge in [0.05, 0.1) is 12.0 Å². The number of carbonyl (C=O) groups is 2. The molecule has 1 amide bonds. The van der Waals surface area contributed by atoms with Crippen molar-refractivity contribution in [2.45, 2.75) is 38.7 Å². The lowest BCUT2D eigenvalue weighted by molar-refractivity contribution is -0.136. The Morgan fingerprint density at radius 3 is 2.64 bits per heavy atom. The first kappa shape index (κ1) is 21.2. The standard InChI is InChI=1S/C26H25NO6/c1-16-3-6-22-20(11-16)21(28)14-26(33-22)7-9-27(10-8-26)24(29)15-31-18-4-5-19-17(2)12-25(30)32-23(19)13-18/h3-6,11-13H,7-10,14-15H2,1-2H3. The Bertz CT molecular complexity index is 1320. The van der Waals surface area contributed by atoms with Crippen LogP contribution in [0.15, 0.2) is 51.7 Å². The maximum Gasteiger partial charge on any atom is 0.336 e. The predicted octanol–water partition coefficient (Wildman–Crippen LogP) is 3.82. The molecule has 33 heavy (non-hydrogen) atoms. The number of nitrogens with zero attached hydrogens (tertiary/aromatic N) is 1. The van der Waals surface area contributed by atoms with Crippen LogP contribution in [0.25, 0.3) is 11.0 Å². The number of aryl methyl sites for hydroxylation is 2. The Kier molecular flexibility index (Phi) is 5.19. The van der Waals surface area contributed by atoms with E-state index in [4.69, 9.17) is 13.9 Å². The van der Waals surface area contributed by atoms with E-state index in [0.717, 1.165) is 16.5 Å². The predicted molar refractivity (Wildman–Crippen MR) is 122 cm³/mol. The van der Waals surface area contributed by atoms with E-state index in [2.05, 4.69) is 0 Å². The molecular formula is C26H25NO6. The van der Waals surface area contributed by atoms with Crippen molar-refractivity contribution in [3.05, 3.63) is 69.6 Å². The highest BCUT2D eigenvalue weighted by Gasteiger charge is 2.43. The highest BCUT2D eigenvalue weighted by molar-refractivity contribution is 6.00. The lowest BCUT2D eigenvalue weighted by Crippen LogP contribution is -2.53. The molecule has 3 aromatic rings. The number of carbonyl (C=O) groups excluding carboxylic acids is 2. The van der Waals surface area contributed by atoms with Gasteiger partial charge in [-0.2, -0.15) is 0 Å². The molecule has 1 saturated heterocycles. The van der Waals surface area contributed by atoms with Crippen LogP contribution in [0.1, 0.15) is 40.7 Å². The average molecular weight is 447 g/mol. The lowest BCUT2D eigenvalue weighted by atomic mass is 9.82. The van der Waals surface area contributed by atoms with Crippen LogP contribution in [-0.2, 0) is 4.79 Å². The van der Waals surface area contributed by atoms with Crippen molar-refractivity contribution in [3.8, 4) is 11.5 Å². The molecule has 5 rings (SSSR count). The van der Waals surface area contributed by atoms with E-state index in [9.17, 15) is 14.4 Å². The highest BCUT2D eigenvalue weighted by atomic mass is 16.5. The number of hydrogen-bond acceptors (Lipinski definition) is 6. The van der Waals surface area contributed by atoms with E-state index in [0.29, 0.717) is 55.0 Å². The molecule has 2 aromatic carbocycles. The normalized spacial score (nSPS) is 17.0. The van der Waals surface area contributed by atoms with Crippen LogP contribution in [-0.4, -0.2) is 41.9 Å². The molecule has 170 valence electrons. The molecule has 0 radical (unpaired) electrons. The quantitative estimate of drug-likeness (QED) is 0.568. The summed E-state index contributed by atoms with van der Waals surface area (Å²) in [7, 11) is 0. The van der Waals surface area contributed by atoms with E-state index < -0.39 is 11.2 Å². The van der Waals surface area contributed by atoms with Gasteiger partial charge in [0.1, 0.15) is 22.7 Å². The van der Waals surface area contributed by atoms with Gasteiger partial charge in [-0.05, 0) is 43.7 Å². The number of amides is 1. The van der Waals surface area contributed by atoms with Crippen LogP contribution in [0.3, 0.4) is 0 Å². The number of ether oxygens (including phenoxy) is 2. The summed E-state index contributed by atoms with van der Waals surface area (Å²) >= 11 is 0. The molecule has 7 nitrogen and oxygen atoms in total. The third-order valence-electron chi connectivity index (χ3n) is 6.56. The minimum Gasteiger partial charge on any atom is -0.486 e. The Morgan fingerprint density at radius 1 is 1.06 bits per heavy atom. The number of rotatable bonds is 3. The first-order valence-corrected chi connectivity index (χ1v) is 11.1. The fourth-order valence-electron chi connectivity index (χ4n) is 4.68. The summed E-state index contributed by atoms with van der Waals surface area (Å²) in [5.74, 6) is 1.07. The first-order chi connectivity index (χ1) is 15.8. The van der Waals surface area contributed by atoms with Gasteiger partial charge in [-0.15, -0.1) is 0 Å². The van der Waals surface area contributed by atoms with Gasteiger partial charge in [0, 0.05) is 43.5 Å². The minimum atomic E-state index is -0.551. The summed E-state index contributed by atoms with van der Waals surface area (Å²) in [5, 5.41) is 0.827. The molecule has 1 aromatic heterocycles. The topological polar surface area (TPSA) is 86.0 Å². The molecule has 0 bridgehead atoms. The maximum absolute atomic E-state index is 12.7. The monoisotopic (exact) mass is 447 g/mol. The number of likely N-dealkylation sites (tertiary alicyclic amines) is 1. The van der Waals surface area contributed by atoms with Gasteiger partial charge < -0.3 is 18.8 Å². The zero-order chi connectivity index (χ0) is 23.2. The second kappa shape index (κ2) is 8.06. The number of piperidine rings is 1. The molecular weight excluding hydrogens is 422 g/mol.